The normalized spacial score (nSPS) is 12.0. The molecule has 1 aromatic heterocycles. The van der Waals surface area contributed by atoms with Crippen LogP contribution >= 0.6 is 15.9 Å². The van der Waals surface area contributed by atoms with Crippen LogP contribution < -0.4 is 5.73 Å². The molecule has 0 unspecified atom stereocenters. The molecule has 0 atom stereocenters. The standard InChI is InChI=1S/C7H13BrN4/c1-7(2,3)4-12-5(8)10-6(9)11-12/h4H2,1-3H3,(H2,9,11). The first-order chi connectivity index (χ1) is 5.38. The summed E-state index contributed by atoms with van der Waals surface area (Å²) in [5, 5.41) is 4.03. The SMILES string of the molecule is CC(C)(C)Cn1nc(N)nc1Br. The van der Waals surface area contributed by atoms with Crippen LogP contribution in [0, 0.1) is 5.41 Å². The minimum Gasteiger partial charge on any atom is -0.366 e. The third-order valence-corrected chi connectivity index (χ3v) is 1.85. The fourth-order valence-corrected chi connectivity index (χ4v) is 1.28. The Bertz CT molecular complexity index is 273. The van der Waals surface area contributed by atoms with E-state index in [0.29, 0.717) is 10.7 Å². The Balaban J connectivity index is 2.82. The zero-order valence-corrected chi connectivity index (χ0v) is 9.09. The van der Waals surface area contributed by atoms with Crippen molar-refractivity contribution >= 4 is 21.9 Å². The van der Waals surface area contributed by atoms with Crippen LogP contribution in [0.2, 0.25) is 0 Å². The Labute approximate surface area is 80.3 Å². The van der Waals surface area contributed by atoms with Crippen molar-refractivity contribution in [1.82, 2.24) is 14.8 Å². The van der Waals surface area contributed by atoms with Crippen molar-refractivity contribution in [3.63, 3.8) is 0 Å². The molecule has 68 valence electrons. The van der Waals surface area contributed by atoms with Gasteiger partial charge in [0.1, 0.15) is 0 Å². The molecule has 0 amide bonds. The lowest BCUT2D eigenvalue weighted by Gasteiger charge is -2.17. The molecule has 0 radical (unpaired) electrons. The van der Waals surface area contributed by atoms with Gasteiger partial charge < -0.3 is 5.73 Å². The molecule has 0 aromatic carbocycles. The van der Waals surface area contributed by atoms with Crippen molar-refractivity contribution in [2.75, 3.05) is 5.73 Å². The van der Waals surface area contributed by atoms with Crippen molar-refractivity contribution in [1.29, 1.82) is 0 Å². The van der Waals surface area contributed by atoms with E-state index in [2.05, 4.69) is 46.8 Å². The van der Waals surface area contributed by atoms with Gasteiger partial charge in [-0.15, -0.1) is 5.10 Å². The summed E-state index contributed by atoms with van der Waals surface area (Å²) in [6.45, 7) is 7.21. The van der Waals surface area contributed by atoms with Gasteiger partial charge in [-0.2, -0.15) is 4.98 Å². The van der Waals surface area contributed by atoms with E-state index >= 15 is 0 Å². The van der Waals surface area contributed by atoms with Gasteiger partial charge in [0.2, 0.25) is 5.95 Å². The van der Waals surface area contributed by atoms with E-state index < -0.39 is 0 Å². The summed E-state index contributed by atoms with van der Waals surface area (Å²) in [5.41, 5.74) is 5.61. The maximum atomic E-state index is 5.43. The number of halogens is 1. The summed E-state index contributed by atoms with van der Waals surface area (Å²) >= 11 is 3.28. The largest absolute Gasteiger partial charge is 0.366 e. The fourth-order valence-electron chi connectivity index (χ4n) is 0.889. The smallest absolute Gasteiger partial charge is 0.240 e. The van der Waals surface area contributed by atoms with Crippen LogP contribution in [0.4, 0.5) is 5.95 Å². The molecule has 0 spiro atoms. The van der Waals surface area contributed by atoms with Gasteiger partial charge in [-0.25, -0.2) is 4.68 Å². The highest BCUT2D eigenvalue weighted by atomic mass is 79.9. The average molecular weight is 233 g/mol. The van der Waals surface area contributed by atoms with Gasteiger partial charge in [0.25, 0.3) is 0 Å². The second-order valence-electron chi connectivity index (χ2n) is 3.96. The van der Waals surface area contributed by atoms with E-state index in [1.165, 1.54) is 0 Å². The molecule has 1 rings (SSSR count). The van der Waals surface area contributed by atoms with Gasteiger partial charge in [0, 0.05) is 6.54 Å². The number of nitrogens with zero attached hydrogens (tertiary/aromatic N) is 3. The van der Waals surface area contributed by atoms with Gasteiger partial charge in [0.05, 0.1) is 0 Å². The molecule has 0 aliphatic rings. The Hall–Kier alpha value is -0.580. The molecule has 0 saturated carbocycles. The molecule has 4 nitrogen and oxygen atoms in total. The Morgan fingerprint density at radius 3 is 2.42 bits per heavy atom. The highest BCUT2D eigenvalue weighted by molar-refractivity contribution is 9.10. The monoisotopic (exact) mass is 232 g/mol. The third kappa shape index (κ3) is 2.48. The first-order valence-electron chi connectivity index (χ1n) is 3.74. The summed E-state index contributed by atoms with van der Waals surface area (Å²) in [6.07, 6.45) is 0. The van der Waals surface area contributed by atoms with E-state index in [1.54, 1.807) is 4.68 Å². The van der Waals surface area contributed by atoms with Gasteiger partial charge in [-0.05, 0) is 21.3 Å². The van der Waals surface area contributed by atoms with Crippen molar-refractivity contribution in [3.8, 4) is 0 Å². The molecule has 0 bridgehead atoms. The summed E-state index contributed by atoms with van der Waals surface area (Å²) < 4.78 is 2.45. The maximum absolute atomic E-state index is 5.43. The number of hydrogen-bond acceptors (Lipinski definition) is 3. The highest BCUT2D eigenvalue weighted by Gasteiger charge is 2.14. The number of hydrogen-bond donors (Lipinski definition) is 1. The molecule has 0 aliphatic carbocycles. The predicted molar refractivity (Wildman–Crippen MR) is 51.6 cm³/mol. The van der Waals surface area contributed by atoms with Gasteiger partial charge >= 0.3 is 0 Å². The molecule has 2 N–H and O–H groups in total. The van der Waals surface area contributed by atoms with Crippen LogP contribution in [0.1, 0.15) is 20.8 Å². The first-order valence-corrected chi connectivity index (χ1v) is 4.53. The Morgan fingerprint density at radius 1 is 1.50 bits per heavy atom. The van der Waals surface area contributed by atoms with Crippen LogP contribution in [0.25, 0.3) is 0 Å². The minimum atomic E-state index is 0.183. The van der Waals surface area contributed by atoms with E-state index in [0.717, 1.165) is 6.54 Å². The molecule has 1 heterocycles. The highest BCUT2D eigenvalue weighted by Crippen LogP contribution is 2.18. The molecule has 5 heteroatoms. The summed E-state index contributed by atoms with van der Waals surface area (Å²) in [6, 6.07) is 0. The lowest BCUT2D eigenvalue weighted by Crippen LogP contribution is -2.16. The van der Waals surface area contributed by atoms with Crippen molar-refractivity contribution in [2.45, 2.75) is 27.3 Å². The number of rotatable bonds is 1. The number of aromatic nitrogens is 3. The zero-order chi connectivity index (χ0) is 9.35. The molecule has 1 aromatic rings. The third-order valence-electron chi connectivity index (χ3n) is 1.27. The van der Waals surface area contributed by atoms with Gasteiger partial charge in [0.15, 0.2) is 4.73 Å². The second kappa shape index (κ2) is 3.05. The molecule has 0 fully saturated rings. The van der Waals surface area contributed by atoms with Crippen LogP contribution in [-0.4, -0.2) is 14.8 Å². The van der Waals surface area contributed by atoms with Crippen molar-refractivity contribution in [3.05, 3.63) is 4.73 Å². The van der Waals surface area contributed by atoms with E-state index in [4.69, 9.17) is 5.73 Å². The lowest BCUT2D eigenvalue weighted by molar-refractivity contribution is 0.321. The topological polar surface area (TPSA) is 56.7 Å². The Kier molecular flexibility index (Phi) is 2.41. The van der Waals surface area contributed by atoms with E-state index in [1.807, 2.05) is 0 Å². The average Bonchev–Trinajstić information content (AvgIpc) is 2.06. The van der Waals surface area contributed by atoms with E-state index in [9.17, 15) is 0 Å². The maximum Gasteiger partial charge on any atom is 0.240 e. The molecular formula is C7H13BrN4. The lowest BCUT2D eigenvalue weighted by atomic mass is 9.97. The van der Waals surface area contributed by atoms with Crippen LogP contribution in [-0.2, 0) is 6.54 Å². The predicted octanol–water partition coefficient (Wildman–Crippen LogP) is 1.67. The van der Waals surface area contributed by atoms with Gasteiger partial charge in [-0.1, -0.05) is 20.8 Å². The number of anilines is 1. The number of nitrogens with two attached hydrogens (primary N) is 1. The minimum absolute atomic E-state index is 0.183. The van der Waals surface area contributed by atoms with E-state index in [-0.39, 0.29) is 5.41 Å². The first kappa shape index (κ1) is 9.51. The van der Waals surface area contributed by atoms with Crippen LogP contribution in [0.5, 0.6) is 0 Å². The van der Waals surface area contributed by atoms with Gasteiger partial charge in [-0.3, -0.25) is 0 Å². The van der Waals surface area contributed by atoms with Crippen molar-refractivity contribution < 1.29 is 0 Å². The van der Waals surface area contributed by atoms with Crippen LogP contribution in [0.15, 0.2) is 4.73 Å². The quantitative estimate of drug-likeness (QED) is 0.802. The van der Waals surface area contributed by atoms with Crippen LogP contribution in [0.3, 0.4) is 0 Å². The number of nitrogen functional groups attached to an aromatic ring is 1. The second-order valence-corrected chi connectivity index (χ2v) is 4.67. The molecule has 0 aliphatic heterocycles. The summed E-state index contributed by atoms with van der Waals surface area (Å²) in [5.74, 6) is 0.311. The molecule has 12 heavy (non-hydrogen) atoms. The molecular weight excluding hydrogens is 220 g/mol. The van der Waals surface area contributed by atoms with Crippen molar-refractivity contribution in [2.24, 2.45) is 5.41 Å². The Morgan fingerprint density at radius 2 is 2.08 bits per heavy atom. The molecule has 0 saturated heterocycles. The zero-order valence-electron chi connectivity index (χ0n) is 7.50. The summed E-state index contributed by atoms with van der Waals surface area (Å²) in [7, 11) is 0. The fraction of sp³-hybridized carbons (Fsp3) is 0.714. The summed E-state index contributed by atoms with van der Waals surface area (Å²) in [4.78, 5) is 3.94.